The highest BCUT2D eigenvalue weighted by Gasteiger charge is 2.05. The second kappa shape index (κ2) is 5.95. The van der Waals surface area contributed by atoms with Crippen LogP contribution < -0.4 is 10.9 Å². The highest BCUT2D eigenvalue weighted by molar-refractivity contribution is 5.92. The molecule has 2 N–H and O–H groups in total. The number of amides is 1. The summed E-state index contributed by atoms with van der Waals surface area (Å²) in [4.78, 5) is 25.2. The minimum absolute atomic E-state index is 0.228. The van der Waals surface area contributed by atoms with Crippen LogP contribution in [0.1, 0.15) is 16.1 Å². The first-order valence-corrected chi connectivity index (χ1v) is 5.87. The molecule has 4 nitrogen and oxygen atoms in total. The Morgan fingerprint density at radius 1 is 1.16 bits per heavy atom. The summed E-state index contributed by atoms with van der Waals surface area (Å²) in [5, 5.41) is 2.69. The third-order valence-electron chi connectivity index (χ3n) is 2.63. The molecule has 0 saturated heterocycles. The van der Waals surface area contributed by atoms with E-state index < -0.39 is 0 Å². The van der Waals surface area contributed by atoms with Crippen molar-refractivity contribution in [2.45, 2.75) is 6.42 Å². The lowest BCUT2D eigenvalue weighted by molar-refractivity contribution is 0.0949. The molecule has 1 heterocycles. The highest BCUT2D eigenvalue weighted by atomic mass is 19.1. The zero-order chi connectivity index (χ0) is 13.7. The van der Waals surface area contributed by atoms with E-state index in [-0.39, 0.29) is 23.0 Å². The Labute approximate surface area is 109 Å². The molecule has 0 spiro atoms. The third kappa shape index (κ3) is 3.77. The first-order chi connectivity index (χ1) is 9.15. The zero-order valence-corrected chi connectivity index (χ0v) is 10.2. The number of pyridine rings is 1. The number of hydrogen-bond donors (Lipinski definition) is 2. The highest BCUT2D eigenvalue weighted by Crippen LogP contribution is 2.02. The van der Waals surface area contributed by atoms with Gasteiger partial charge in [-0.1, -0.05) is 18.2 Å². The number of benzene rings is 1. The molecular formula is C14H13FN2O2. The van der Waals surface area contributed by atoms with Gasteiger partial charge >= 0.3 is 0 Å². The van der Waals surface area contributed by atoms with Gasteiger partial charge in [-0.25, -0.2) is 4.39 Å². The van der Waals surface area contributed by atoms with Crippen molar-refractivity contribution in [3.63, 3.8) is 0 Å². The number of rotatable bonds is 4. The Morgan fingerprint density at radius 3 is 2.58 bits per heavy atom. The molecule has 0 aliphatic rings. The molecule has 19 heavy (non-hydrogen) atoms. The standard InChI is InChI=1S/C14H13FN2O2/c15-11-6-4-10(5-7-11)8-9-16-14(19)12-2-1-3-13(18)17-12/h1-7H,8-9H2,(H,16,19)(H,17,18). The Morgan fingerprint density at radius 2 is 1.89 bits per heavy atom. The fraction of sp³-hybridized carbons (Fsp3) is 0.143. The third-order valence-corrected chi connectivity index (χ3v) is 2.63. The van der Waals surface area contributed by atoms with Crippen LogP contribution in [0.25, 0.3) is 0 Å². The van der Waals surface area contributed by atoms with Crippen LogP contribution in [0.3, 0.4) is 0 Å². The number of halogens is 1. The summed E-state index contributed by atoms with van der Waals surface area (Å²) in [6.07, 6.45) is 0.600. The lowest BCUT2D eigenvalue weighted by Crippen LogP contribution is -2.28. The van der Waals surface area contributed by atoms with Crippen LogP contribution in [-0.2, 0) is 6.42 Å². The van der Waals surface area contributed by atoms with E-state index in [0.29, 0.717) is 13.0 Å². The first-order valence-electron chi connectivity index (χ1n) is 5.87. The quantitative estimate of drug-likeness (QED) is 0.874. The summed E-state index contributed by atoms with van der Waals surface area (Å²) in [5.41, 5.74) is 0.848. The number of hydrogen-bond acceptors (Lipinski definition) is 2. The molecule has 5 heteroatoms. The second-order valence-electron chi connectivity index (χ2n) is 4.06. The molecular weight excluding hydrogens is 247 g/mol. The Hall–Kier alpha value is -2.43. The minimum atomic E-state index is -0.334. The van der Waals surface area contributed by atoms with E-state index in [4.69, 9.17) is 0 Å². The fourth-order valence-corrected chi connectivity index (χ4v) is 1.65. The molecule has 0 aliphatic heterocycles. The van der Waals surface area contributed by atoms with Gasteiger partial charge in [-0.2, -0.15) is 0 Å². The second-order valence-corrected chi connectivity index (χ2v) is 4.06. The number of carbonyl (C=O) groups is 1. The van der Waals surface area contributed by atoms with Crippen LogP contribution in [0.15, 0.2) is 47.3 Å². The molecule has 0 radical (unpaired) electrons. The first kappa shape index (κ1) is 13.0. The predicted molar refractivity (Wildman–Crippen MR) is 69.5 cm³/mol. The smallest absolute Gasteiger partial charge is 0.267 e. The number of aromatic amines is 1. The van der Waals surface area contributed by atoms with E-state index >= 15 is 0 Å². The summed E-state index contributed by atoms with van der Waals surface area (Å²) in [7, 11) is 0. The van der Waals surface area contributed by atoms with Gasteiger partial charge in [0.15, 0.2) is 0 Å². The zero-order valence-electron chi connectivity index (χ0n) is 10.2. The molecule has 0 saturated carbocycles. The van der Waals surface area contributed by atoms with Crippen molar-refractivity contribution in [1.29, 1.82) is 0 Å². The molecule has 0 fully saturated rings. The summed E-state index contributed by atoms with van der Waals surface area (Å²) >= 11 is 0. The van der Waals surface area contributed by atoms with Crippen molar-refractivity contribution in [2.75, 3.05) is 6.54 Å². The SMILES string of the molecule is O=C(NCCc1ccc(F)cc1)c1cccc(=O)[nH]1. The van der Waals surface area contributed by atoms with E-state index in [2.05, 4.69) is 10.3 Å². The van der Waals surface area contributed by atoms with E-state index in [1.54, 1.807) is 12.1 Å². The summed E-state index contributed by atoms with van der Waals surface area (Å²) in [6.45, 7) is 0.418. The molecule has 98 valence electrons. The van der Waals surface area contributed by atoms with Gasteiger partial charge in [0.1, 0.15) is 11.5 Å². The maximum absolute atomic E-state index is 12.7. The maximum Gasteiger partial charge on any atom is 0.267 e. The molecule has 1 aromatic heterocycles. The molecule has 1 amide bonds. The van der Waals surface area contributed by atoms with E-state index in [0.717, 1.165) is 5.56 Å². The van der Waals surface area contributed by atoms with Crippen LogP contribution in [0.4, 0.5) is 4.39 Å². The van der Waals surface area contributed by atoms with Crippen molar-refractivity contribution in [3.05, 3.63) is 69.9 Å². The molecule has 1 aromatic carbocycles. The van der Waals surface area contributed by atoms with Gasteiger partial charge in [0.25, 0.3) is 5.91 Å². The molecule has 0 aliphatic carbocycles. The normalized spacial score (nSPS) is 10.2. The van der Waals surface area contributed by atoms with Crippen molar-refractivity contribution in [1.82, 2.24) is 10.3 Å². The van der Waals surface area contributed by atoms with E-state index in [1.807, 2.05) is 0 Å². The average molecular weight is 260 g/mol. The Bertz CT molecular complexity index is 620. The fourth-order valence-electron chi connectivity index (χ4n) is 1.65. The summed E-state index contributed by atoms with van der Waals surface area (Å²) in [5.74, 6) is -0.616. The number of H-pyrrole nitrogens is 1. The monoisotopic (exact) mass is 260 g/mol. The summed E-state index contributed by atoms with van der Waals surface area (Å²) in [6, 6.07) is 10.5. The van der Waals surface area contributed by atoms with Gasteiger partial charge in [0.2, 0.25) is 5.56 Å². The van der Waals surface area contributed by atoms with Crippen molar-refractivity contribution >= 4 is 5.91 Å². The van der Waals surface area contributed by atoms with E-state index in [9.17, 15) is 14.0 Å². The van der Waals surface area contributed by atoms with Crippen LogP contribution in [0, 0.1) is 5.82 Å². The lowest BCUT2D eigenvalue weighted by Gasteiger charge is -2.05. The topological polar surface area (TPSA) is 62.0 Å². The molecule has 2 aromatic rings. The van der Waals surface area contributed by atoms with Gasteiger partial charge in [0.05, 0.1) is 0 Å². The molecule has 2 rings (SSSR count). The number of nitrogens with one attached hydrogen (secondary N) is 2. The van der Waals surface area contributed by atoms with Crippen molar-refractivity contribution in [3.8, 4) is 0 Å². The number of aromatic nitrogens is 1. The van der Waals surface area contributed by atoms with Gasteiger partial charge in [-0.15, -0.1) is 0 Å². The van der Waals surface area contributed by atoms with Gasteiger partial charge < -0.3 is 10.3 Å². The Balaban J connectivity index is 1.87. The van der Waals surface area contributed by atoms with Gasteiger partial charge in [-0.3, -0.25) is 9.59 Å². The van der Waals surface area contributed by atoms with Crippen LogP contribution in [-0.4, -0.2) is 17.4 Å². The minimum Gasteiger partial charge on any atom is -0.350 e. The lowest BCUT2D eigenvalue weighted by atomic mass is 10.1. The summed E-state index contributed by atoms with van der Waals surface area (Å²) < 4.78 is 12.7. The van der Waals surface area contributed by atoms with Crippen LogP contribution >= 0.6 is 0 Å². The Kier molecular flexibility index (Phi) is 4.07. The number of carbonyl (C=O) groups excluding carboxylic acids is 1. The molecule has 0 unspecified atom stereocenters. The van der Waals surface area contributed by atoms with Gasteiger partial charge in [0, 0.05) is 12.6 Å². The van der Waals surface area contributed by atoms with Crippen LogP contribution in [0.2, 0.25) is 0 Å². The molecule has 0 bridgehead atoms. The predicted octanol–water partition coefficient (Wildman–Crippen LogP) is 1.49. The van der Waals surface area contributed by atoms with Crippen molar-refractivity contribution in [2.24, 2.45) is 0 Å². The van der Waals surface area contributed by atoms with Crippen LogP contribution in [0.5, 0.6) is 0 Å². The molecule has 0 atom stereocenters. The van der Waals surface area contributed by atoms with Crippen molar-refractivity contribution < 1.29 is 9.18 Å². The average Bonchev–Trinajstić information content (AvgIpc) is 2.41. The maximum atomic E-state index is 12.7. The van der Waals surface area contributed by atoms with E-state index in [1.165, 1.54) is 30.3 Å². The largest absolute Gasteiger partial charge is 0.350 e. The van der Waals surface area contributed by atoms with Gasteiger partial charge in [-0.05, 0) is 30.2 Å².